The van der Waals surface area contributed by atoms with E-state index in [0.29, 0.717) is 22.1 Å². The van der Waals surface area contributed by atoms with Gasteiger partial charge in [0.05, 0.1) is 4.90 Å². The number of sulfonamides is 1. The third-order valence-electron chi connectivity index (χ3n) is 4.18. The maximum absolute atomic E-state index is 13.0. The van der Waals surface area contributed by atoms with Crippen molar-refractivity contribution in [1.29, 1.82) is 0 Å². The molecular weight excluding hydrogens is 431 g/mol. The first kappa shape index (κ1) is 21.6. The number of amides is 1. The molecule has 9 heteroatoms. The minimum Gasteiger partial charge on any atom is -0.484 e. The zero-order chi connectivity index (χ0) is 21.7. The number of benzene rings is 3. The lowest BCUT2D eigenvalue weighted by molar-refractivity contribution is -0.120. The molecule has 0 atom stereocenters. The molecule has 0 heterocycles. The van der Waals surface area contributed by atoms with Crippen LogP contribution in [0, 0.1) is 5.82 Å². The largest absolute Gasteiger partial charge is 0.484 e. The van der Waals surface area contributed by atoms with E-state index in [1.807, 2.05) is 0 Å². The molecule has 156 valence electrons. The Kier molecular flexibility index (Phi) is 6.59. The highest BCUT2D eigenvalue weighted by Gasteiger charge is 2.15. The average molecular weight is 449 g/mol. The number of likely N-dealkylation sites (N-methyl/N-ethyl adjacent to an activating group) is 1. The maximum atomic E-state index is 13.0. The first-order valence-corrected chi connectivity index (χ1v) is 10.6. The summed E-state index contributed by atoms with van der Waals surface area (Å²) in [6.07, 6.45) is 0. The van der Waals surface area contributed by atoms with Crippen LogP contribution in [-0.2, 0) is 14.8 Å². The van der Waals surface area contributed by atoms with Crippen LogP contribution in [0.3, 0.4) is 0 Å². The molecule has 30 heavy (non-hydrogen) atoms. The van der Waals surface area contributed by atoms with Crippen LogP contribution in [0.4, 0.5) is 15.8 Å². The summed E-state index contributed by atoms with van der Waals surface area (Å²) in [5, 5.41) is 0.499. The third kappa shape index (κ3) is 5.49. The van der Waals surface area contributed by atoms with Gasteiger partial charge in [0.2, 0.25) is 0 Å². The van der Waals surface area contributed by atoms with Crippen molar-refractivity contribution < 1.29 is 22.3 Å². The van der Waals surface area contributed by atoms with E-state index >= 15 is 0 Å². The van der Waals surface area contributed by atoms with E-state index < -0.39 is 15.8 Å². The topological polar surface area (TPSA) is 75.7 Å². The molecule has 0 aromatic heterocycles. The Labute approximate surface area is 178 Å². The summed E-state index contributed by atoms with van der Waals surface area (Å²) in [7, 11) is -2.23. The molecule has 0 unspecified atom stereocenters. The van der Waals surface area contributed by atoms with Crippen molar-refractivity contribution >= 4 is 38.9 Å². The van der Waals surface area contributed by atoms with Crippen molar-refractivity contribution in [3.05, 3.63) is 83.6 Å². The van der Waals surface area contributed by atoms with Crippen LogP contribution in [-0.4, -0.2) is 28.0 Å². The van der Waals surface area contributed by atoms with E-state index in [1.54, 1.807) is 31.3 Å². The summed E-state index contributed by atoms with van der Waals surface area (Å²) >= 11 is 5.80. The minimum atomic E-state index is -3.78. The zero-order valence-corrected chi connectivity index (χ0v) is 17.5. The minimum absolute atomic E-state index is 0.0413. The molecular formula is C21H18ClFN2O4S. The quantitative estimate of drug-likeness (QED) is 0.584. The van der Waals surface area contributed by atoms with Crippen LogP contribution >= 0.6 is 11.6 Å². The lowest BCUT2D eigenvalue weighted by Crippen LogP contribution is -2.31. The Morgan fingerprint density at radius 3 is 2.20 bits per heavy atom. The van der Waals surface area contributed by atoms with E-state index in [0.717, 1.165) is 0 Å². The number of nitrogens with one attached hydrogen (secondary N) is 1. The number of hydrogen-bond donors (Lipinski definition) is 1. The lowest BCUT2D eigenvalue weighted by atomic mass is 10.3. The number of carbonyl (C=O) groups is 1. The van der Waals surface area contributed by atoms with Gasteiger partial charge in [-0.2, -0.15) is 0 Å². The van der Waals surface area contributed by atoms with Gasteiger partial charge in [-0.05, 0) is 72.8 Å². The normalized spacial score (nSPS) is 11.0. The first-order valence-electron chi connectivity index (χ1n) is 8.78. The van der Waals surface area contributed by atoms with Gasteiger partial charge in [0.1, 0.15) is 11.6 Å². The van der Waals surface area contributed by atoms with Crippen LogP contribution in [0.25, 0.3) is 0 Å². The highest BCUT2D eigenvalue weighted by molar-refractivity contribution is 7.92. The van der Waals surface area contributed by atoms with E-state index in [-0.39, 0.29) is 17.4 Å². The fourth-order valence-electron chi connectivity index (χ4n) is 2.50. The fraction of sp³-hybridized carbons (Fsp3) is 0.0952. The van der Waals surface area contributed by atoms with Gasteiger partial charge in [-0.25, -0.2) is 12.8 Å². The molecule has 3 rings (SSSR count). The Bertz CT molecular complexity index is 1120. The van der Waals surface area contributed by atoms with Crippen LogP contribution in [0.2, 0.25) is 5.02 Å². The van der Waals surface area contributed by atoms with Crippen molar-refractivity contribution in [3.63, 3.8) is 0 Å². The number of hydrogen-bond acceptors (Lipinski definition) is 4. The van der Waals surface area contributed by atoms with Crippen LogP contribution in [0.15, 0.2) is 77.7 Å². The average Bonchev–Trinajstić information content (AvgIpc) is 2.74. The Hall–Kier alpha value is -3.10. The van der Waals surface area contributed by atoms with Crippen molar-refractivity contribution in [2.75, 3.05) is 23.3 Å². The van der Waals surface area contributed by atoms with E-state index in [2.05, 4.69) is 4.72 Å². The second-order valence-corrected chi connectivity index (χ2v) is 8.42. The highest BCUT2D eigenvalue weighted by atomic mass is 35.5. The summed E-state index contributed by atoms with van der Waals surface area (Å²) in [6.45, 7) is -0.261. The van der Waals surface area contributed by atoms with Crippen molar-refractivity contribution in [3.8, 4) is 5.75 Å². The molecule has 3 aromatic carbocycles. The van der Waals surface area contributed by atoms with Crippen LogP contribution in [0.5, 0.6) is 5.75 Å². The van der Waals surface area contributed by atoms with E-state index in [1.165, 1.54) is 53.4 Å². The molecule has 0 spiro atoms. The molecule has 0 saturated heterocycles. The lowest BCUT2D eigenvalue weighted by Gasteiger charge is -2.17. The summed E-state index contributed by atoms with van der Waals surface area (Å²) in [4.78, 5) is 13.6. The molecule has 0 saturated carbocycles. The number of ether oxygens (including phenoxy) is 1. The molecule has 0 aliphatic carbocycles. The predicted molar refractivity (Wildman–Crippen MR) is 114 cm³/mol. The smallest absolute Gasteiger partial charge is 0.264 e. The SMILES string of the molecule is CN(C(=O)COc1ccc(S(=O)(=O)Nc2ccc(Cl)cc2)cc1)c1ccc(F)cc1. The number of halogens is 2. The van der Waals surface area contributed by atoms with Gasteiger partial charge in [0, 0.05) is 23.4 Å². The van der Waals surface area contributed by atoms with Crippen molar-refractivity contribution in [2.24, 2.45) is 0 Å². The van der Waals surface area contributed by atoms with Crippen molar-refractivity contribution in [2.45, 2.75) is 4.90 Å². The molecule has 0 radical (unpaired) electrons. The molecule has 1 amide bonds. The first-order chi connectivity index (χ1) is 14.2. The summed E-state index contributed by atoms with van der Waals surface area (Å²) in [6, 6.07) is 17.4. The number of rotatable bonds is 7. The Morgan fingerprint density at radius 2 is 1.60 bits per heavy atom. The van der Waals surface area contributed by atoms with Crippen LogP contribution < -0.4 is 14.4 Å². The van der Waals surface area contributed by atoms with Gasteiger partial charge in [0.15, 0.2) is 6.61 Å². The standard InChI is InChI=1S/C21H18ClFN2O4S/c1-25(18-8-4-16(23)5-9-18)21(26)14-29-19-10-12-20(13-11-19)30(27,28)24-17-6-2-15(22)3-7-17/h2-13,24H,14H2,1H3. The predicted octanol–water partition coefficient (Wildman–Crippen LogP) is 4.32. The molecule has 0 fully saturated rings. The molecule has 1 N–H and O–H groups in total. The van der Waals surface area contributed by atoms with Gasteiger partial charge in [-0.3, -0.25) is 9.52 Å². The van der Waals surface area contributed by atoms with Gasteiger partial charge in [-0.1, -0.05) is 11.6 Å². The van der Waals surface area contributed by atoms with Gasteiger partial charge in [0.25, 0.3) is 15.9 Å². The van der Waals surface area contributed by atoms with Crippen molar-refractivity contribution in [1.82, 2.24) is 0 Å². The summed E-state index contributed by atoms with van der Waals surface area (Å²) in [5.74, 6) is -0.402. The number of anilines is 2. The maximum Gasteiger partial charge on any atom is 0.264 e. The second kappa shape index (κ2) is 9.15. The zero-order valence-electron chi connectivity index (χ0n) is 15.9. The third-order valence-corrected chi connectivity index (χ3v) is 5.83. The van der Waals surface area contributed by atoms with Gasteiger partial charge >= 0.3 is 0 Å². The molecule has 0 aliphatic rings. The summed E-state index contributed by atoms with van der Waals surface area (Å²) < 4.78 is 45.8. The second-order valence-electron chi connectivity index (χ2n) is 6.30. The highest BCUT2D eigenvalue weighted by Crippen LogP contribution is 2.21. The molecule has 3 aromatic rings. The van der Waals surface area contributed by atoms with Crippen LogP contribution in [0.1, 0.15) is 0 Å². The molecule has 6 nitrogen and oxygen atoms in total. The Morgan fingerprint density at radius 1 is 1.00 bits per heavy atom. The molecule has 0 bridgehead atoms. The number of nitrogens with zero attached hydrogens (tertiary/aromatic N) is 1. The summed E-state index contributed by atoms with van der Waals surface area (Å²) in [5.41, 5.74) is 0.911. The van der Waals surface area contributed by atoms with E-state index in [9.17, 15) is 17.6 Å². The Balaban J connectivity index is 1.60. The fourth-order valence-corrected chi connectivity index (χ4v) is 3.68. The van der Waals surface area contributed by atoms with Gasteiger partial charge in [-0.15, -0.1) is 0 Å². The molecule has 0 aliphatic heterocycles. The monoisotopic (exact) mass is 448 g/mol. The number of carbonyl (C=O) groups excluding carboxylic acids is 1. The van der Waals surface area contributed by atoms with E-state index in [4.69, 9.17) is 16.3 Å². The van der Waals surface area contributed by atoms with Gasteiger partial charge < -0.3 is 9.64 Å².